The van der Waals surface area contributed by atoms with E-state index in [4.69, 9.17) is 10.5 Å². The summed E-state index contributed by atoms with van der Waals surface area (Å²) < 4.78 is 5.62. The molecular weight excluding hydrogens is 138 g/mol. The lowest BCUT2D eigenvalue weighted by Gasteiger charge is -2.27. The zero-order valence-electron chi connectivity index (χ0n) is 6.96. The molecule has 0 radical (unpaired) electrons. The first-order chi connectivity index (χ1) is 5.38. The molecular formula is C9H17NO. The molecule has 2 atom stereocenters. The summed E-state index contributed by atoms with van der Waals surface area (Å²) in [6.07, 6.45) is 6.79. The molecule has 2 rings (SSSR count). The van der Waals surface area contributed by atoms with Gasteiger partial charge in [0.2, 0.25) is 0 Å². The SMILES string of the molecule is N[C@@H](C1CC1)C1CCCCO1. The van der Waals surface area contributed by atoms with Crippen LogP contribution in [0.1, 0.15) is 32.1 Å². The predicted octanol–water partition coefficient (Wildman–Crippen LogP) is 1.29. The van der Waals surface area contributed by atoms with Crippen LogP contribution in [-0.2, 0) is 4.74 Å². The first-order valence-electron chi connectivity index (χ1n) is 4.75. The van der Waals surface area contributed by atoms with E-state index in [1.165, 1.54) is 32.1 Å². The van der Waals surface area contributed by atoms with Crippen molar-refractivity contribution in [2.45, 2.75) is 44.2 Å². The zero-order valence-corrected chi connectivity index (χ0v) is 6.96. The maximum absolute atomic E-state index is 6.03. The van der Waals surface area contributed by atoms with Gasteiger partial charge in [-0.15, -0.1) is 0 Å². The third-order valence-corrected chi connectivity index (χ3v) is 2.81. The number of hydrogen-bond acceptors (Lipinski definition) is 2. The van der Waals surface area contributed by atoms with Crippen LogP contribution in [0.15, 0.2) is 0 Å². The Bertz CT molecular complexity index is 128. The van der Waals surface area contributed by atoms with Gasteiger partial charge in [-0.3, -0.25) is 0 Å². The van der Waals surface area contributed by atoms with E-state index in [-0.39, 0.29) is 0 Å². The van der Waals surface area contributed by atoms with E-state index in [9.17, 15) is 0 Å². The minimum atomic E-state index is 0.343. The predicted molar refractivity (Wildman–Crippen MR) is 44.3 cm³/mol. The lowest BCUT2D eigenvalue weighted by atomic mass is 9.99. The summed E-state index contributed by atoms with van der Waals surface area (Å²) in [4.78, 5) is 0. The van der Waals surface area contributed by atoms with Crippen molar-refractivity contribution in [3.8, 4) is 0 Å². The highest BCUT2D eigenvalue weighted by Gasteiger charge is 2.34. The third kappa shape index (κ3) is 1.74. The summed E-state index contributed by atoms with van der Waals surface area (Å²) >= 11 is 0. The molecule has 2 fully saturated rings. The zero-order chi connectivity index (χ0) is 7.68. The lowest BCUT2D eigenvalue weighted by Crippen LogP contribution is -2.40. The Morgan fingerprint density at radius 1 is 1.18 bits per heavy atom. The standard InChI is InChI=1S/C9H17NO/c10-9(7-4-5-7)8-3-1-2-6-11-8/h7-9H,1-6,10H2/t8?,9-/m0/s1. The van der Waals surface area contributed by atoms with Gasteiger partial charge in [-0.2, -0.15) is 0 Å². The quantitative estimate of drug-likeness (QED) is 0.652. The lowest BCUT2D eigenvalue weighted by molar-refractivity contribution is -0.00369. The topological polar surface area (TPSA) is 35.2 Å². The Balaban J connectivity index is 1.81. The molecule has 11 heavy (non-hydrogen) atoms. The summed E-state index contributed by atoms with van der Waals surface area (Å²) in [5.74, 6) is 0.790. The fraction of sp³-hybridized carbons (Fsp3) is 1.00. The summed E-state index contributed by atoms with van der Waals surface area (Å²) in [6, 6.07) is 0.343. The Labute approximate surface area is 68.1 Å². The number of hydrogen-bond donors (Lipinski definition) is 1. The average Bonchev–Trinajstić information content (AvgIpc) is 2.87. The number of nitrogens with two attached hydrogens (primary N) is 1. The van der Waals surface area contributed by atoms with E-state index in [1.807, 2.05) is 0 Å². The molecule has 2 heteroatoms. The molecule has 0 aromatic rings. The third-order valence-electron chi connectivity index (χ3n) is 2.81. The highest BCUT2D eigenvalue weighted by molar-refractivity contribution is 4.90. The van der Waals surface area contributed by atoms with Crippen LogP contribution in [0.5, 0.6) is 0 Å². The van der Waals surface area contributed by atoms with Gasteiger partial charge in [-0.25, -0.2) is 0 Å². The molecule has 0 aromatic carbocycles. The second-order valence-electron chi connectivity index (χ2n) is 3.82. The molecule has 0 spiro atoms. The smallest absolute Gasteiger partial charge is 0.0728 e. The Hall–Kier alpha value is -0.0800. The van der Waals surface area contributed by atoms with Crippen molar-refractivity contribution in [1.82, 2.24) is 0 Å². The molecule has 1 heterocycles. The van der Waals surface area contributed by atoms with E-state index >= 15 is 0 Å². The second kappa shape index (κ2) is 3.11. The van der Waals surface area contributed by atoms with Gasteiger partial charge in [0.15, 0.2) is 0 Å². The molecule has 0 aromatic heterocycles. The van der Waals surface area contributed by atoms with Crippen molar-refractivity contribution >= 4 is 0 Å². The maximum atomic E-state index is 6.03. The molecule has 0 amide bonds. The van der Waals surface area contributed by atoms with Crippen molar-refractivity contribution in [3.63, 3.8) is 0 Å². The van der Waals surface area contributed by atoms with E-state index in [0.29, 0.717) is 12.1 Å². The van der Waals surface area contributed by atoms with Crippen LogP contribution >= 0.6 is 0 Å². The minimum absolute atomic E-state index is 0.343. The summed E-state index contributed by atoms with van der Waals surface area (Å²) in [5, 5.41) is 0. The van der Waals surface area contributed by atoms with Gasteiger partial charge >= 0.3 is 0 Å². The molecule has 0 bridgehead atoms. The molecule has 2 N–H and O–H groups in total. The van der Waals surface area contributed by atoms with Crippen LogP contribution in [0.3, 0.4) is 0 Å². The molecule has 2 aliphatic rings. The minimum Gasteiger partial charge on any atom is -0.377 e. The van der Waals surface area contributed by atoms with Crippen LogP contribution in [0.2, 0.25) is 0 Å². The fourth-order valence-electron chi connectivity index (χ4n) is 1.85. The Morgan fingerprint density at radius 3 is 2.55 bits per heavy atom. The van der Waals surface area contributed by atoms with Crippen LogP contribution in [0.4, 0.5) is 0 Å². The van der Waals surface area contributed by atoms with Gasteiger partial charge in [0.25, 0.3) is 0 Å². The van der Waals surface area contributed by atoms with E-state index in [1.54, 1.807) is 0 Å². The monoisotopic (exact) mass is 155 g/mol. The van der Waals surface area contributed by atoms with Crippen LogP contribution < -0.4 is 5.73 Å². The number of rotatable bonds is 2. The van der Waals surface area contributed by atoms with Gasteiger partial charge in [-0.1, -0.05) is 0 Å². The van der Waals surface area contributed by atoms with Crippen molar-refractivity contribution < 1.29 is 4.74 Å². The summed E-state index contributed by atoms with van der Waals surface area (Å²) in [6.45, 7) is 0.936. The first kappa shape index (κ1) is 7.56. The molecule has 1 saturated carbocycles. The Morgan fingerprint density at radius 2 is 2.00 bits per heavy atom. The highest BCUT2D eigenvalue weighted by Crippen LogP contribution is 2.35. The van der Waals surface area contributed by atoms with Crippen LogP contribution in [-0.4, -0.2) is 18.8 Å². The average molecular weight is 155 g/mol. The molecule has 1 saturated heterocycles. The molecule has 1 aliphatic heterocycles. The van der Waals surface area contributed by atoms with Crippen molar-refractivity contribution in [2.24, 2.45) is 11.7 Å². The highest BCUT2D eigenvalue weighted by atomic mass is 16.5. The van der Waals surface area contributed by atoms with E-state index < -0.39 is 0 Å². The molecule has 2 nitrogen and oxygen atoms in total. The van der Waals surface area contributed by atoms with Crippen LogP contribution in [0, 0.1) is 5.92 Å². The van der Waals surface area contributed by atoms with Crippen LogP contribution in [0.25, 0.3) is 0 Å². The van der Waals surface area contributed by atoms with Gasteiger partial charge in [0, 0.05) is 12.6 Å². The van der Waals surface area contributed by atoms with Crippen molar-refractivity contribution in [2.75, 3.05) is 6.61 Å². The van der Waals surface area contributed by atoms with E-state index in [0.717, 1.165) is 12.5 Å². The van der Waals surface area contributed by atoms with Crippen molar-refractivity contribution in [1.29, 1.82) is 0 Å². The van der Waals surface area contributed by atoms with Gasteiger partial charge in [0.05, 0.1) is 6.10 Å². The summed E-state index contributed by atoms with van der Waals surface area (Å²) in [5.41, 5.74) is 6.03. The molecule has 1 unspecified atom stereocenters. The fourth-order valence-corrected chi connectivity index (χ4v) is 1.85. The number of ether oxygens (including phenoxy) is 1. The Kier molecular flexibility index (Phi) is 2.14. The molecule has 1 aliphatic carbocycles. The van der Waals surface area contributed by atoms with Gasteiger partial charge < -0.3 is 10.5 Å². The maximum Gasteiger partial charge on any atom is 0.0728 e. The van der Waals surface area contributed by atoms with E-state index in [2.05, 4.69) is 0 Å². The normalized spacial score (nSPS) is 35.2. The first-order valence-corrected chi connectivity index (χ1v) is 4.75. The van der Waals surface area contributed by atoms with Crippen molar-refractivity contribution in [3.05, 3.63) is 0 Å². The summed E-state index contributed by atoms with van der Waals surface area (Å²) in [7, 11) is 0. The second-order valence-corrected chi connectivity index (χ2v) is 3.82. The molecule has 64 valence electrons. The van der Waals surface area contributed by atoms with Gasteiger partial charge in [0.1, 0.15) is 0 Å². The largest absolute Gasteiger partial charge is 0.377 e. The van der Waals surface area contributed by atoms with Gasteiger partial charge in [-0.05, 0) is 38.0 Å².